The number of benzene rings is 2. The number of anilines is 1. The molecule has 0 aliphatic heterocycles. The zero-order valence-corrected chi connectivity index (χ0v) is 13.9. The number of nitrogens with one attached hydrogen (secondary N) is 1. The topological polar surface area (TPSA) is 86.5 Å². The highest BCUT2D eigenvalue weighted by molar-refractivity contribution is 5.95. The van der Waals surface area contributed by atoms with Crippen LogP contribution in [0.3, 0.4) is 0 Å². The smallest absolute Gasteiger partial charge is 0.262 e. The summed E-state index contributed by atoms with van der Waals surface area (Å²) in [4.78, 5) is 16.4. The first kappa shape index (κ1) is 16.5. The number of hydrogen-bond donors (Lipinski definition) is 1. The van der Waals surface area contributed by atoms with Crippen LogP contribution in [0.5, 0.6) is 11.5 Å². The van der Waals surface area contributed by atoms with Crippen molar-refractivity contribution in [2.45, 2.75) is 6.92 Å². The second kappa shape index (κ2) is 7.48. The van der Waals surface area contributed by atoms with E-state index in [-0.39, 0.29) is 12.5 Å². The van der Waals surface area contributed by atoms with E-state index >= 15 is 0 Å². The summed E-state index contributed by atoms with van der Waals surface area (Å²) in [6, 6.07) is 14.2. The lowest BCUT2D eigenvalue weighted by Crippen LogP contribution is -2.20. The summed E-state index contributed by atoms with van der Waals surface area (Å²) in [5.74, 6) is 1.89. The van der Waals surface area contributed by atoms with Crippen molar-refractivity contribution in [3.63, 3.8) is 0 Å². The molecular weight excluding hydrogens is 322 g/mol. The van der Waals surface area contributed by atoms with Crippen molar-refractivity contribution in [2.24, 2.45) is 0 Å². The molecule has 0 fully saturated rings. The van der Waals surface area contributed by atoms with Gasteiger partial charge in [0.05, 0.1) is 18.4 Å². The number of amides is 1. The minimum atomic E-state index is -0.292. The minimum absolute atomic E-state index is 0.122. The number of aromatic nitrogens is 2. The van der Waals surface area contributed by atoms with Crippen LogP contribution in [0.1, 0.15) is 5.82 Å². The third-order valence-corrected chi connectivity index (χ3v) is 3.39. The van der Waals surface area contributed by atoms with Gasteiger partial charge >= 0.3 is 0 Å². The molecule has 0 aliphatic rings. The first-order valence-corrected chi connectivity index (χ1v) is 7.62. The third-order valence-electron chi connectivity index (χ3n) is 3.39. The Morgan fingerprint density at radius 3 is 2.52 bits per heavy atom. The Hall–Kier alpha value is -3.35. The van der Waals surface area contributed by atoms with E-state index in [2.05, 4.69) is 15.5 Å². The molecule has 0 saturated heterocycles. The van der Waals surface area contributed by atoms with Crippen LogP contribution in [0.25, 0.3) is 11.5 Å². The number of rotatable bonds is 6. The number of carbonyl (C=O) groups excluding carboxylic acids is 1. The van der Waals surface area contributed by atoms with Crippen LogP contribution in [0.2, 0.25) is 0 Å². The molecule has 128 valence electrons. The summed E-state index contributed by atoms with van der Waals surface area (Å²) < 4.78 is 15.7. The Kier molecular flexibility index (Phi) is 4.94. The quantitative estimate of drug-likeness (QED) is 0.743. The Morgan fingerprint density at radius 1 is 1.12 bits per heavy atom. The van der Waals surface area contributed by atoms with Gasteiger partial charge in [-0.3, -0.25) is 4.79 Å². The van der Waals surface area contributed by atoms with Crippen LogP contribution in [-0.4, -0.2) is 29.8 Å². The maximum absolute atomic E-state index is 12.2. The molecule has 0 atom stereocenters. The second-order valence-electron chi connectivity index (χ2n) is 5.20. The number of nitrogens with zero attached hydrogens (tertiary/aromatic N) is 2. The van der Waals surface area contributed by atoms with Crippen molar-refractivity contribution in [1.82, 2.24) is 10.1 Å². The molecule has 2 aromatic carbocycles. The van der Waals surface area contributed by atoms with Crippen molar-refractivity contribution in [3.8, 4) is 23.0 Å². The van der Waals surface area contributed by atoms with E-state index in [1.807, 2.05) is 12.1 Å². The lowest BCUT2D eigenvalue weighted by molar-refractivity contribution is -0.118. The van der Waals surface area contributed by atoms with E-state index in [4.69, 9.17) is 14.0 Å². The molecule has 3 rings (SSSR count). The van der Waals surface area contributed by atoms with Gasteiger partial charge in [-0.1, -0.05) is 17.3 Å². The summed E-state index contributed by atoms with van der Waals surface area (Å²) in [6.45, 7) is 1.61. The lowest BCUT2D eigenvalue weighted by Gasteiger charge is -2.10. The summed E-state index contributed by atoms with van der Waals surface area (Å²) in [5.41, 5.74) is 1.23. The molecule has 1 N–H and O–H groups in total. The standard InChI is InChI=1S/C18H17N3O4/c1-12-19-18(25-21-12)15-5-3-4-6-16(15)20-17(22)11-24-14-9-7-13(23-2)8-10-14/h3-10H,11H2,1-2H3,(H,20,22). The molecule has 0 unspecified atom stereocenters. The zero-order valence-electron chi connectivity index (χ0n) is 13.9. The summed E-state index contributed by atoms with van der Waals surface area (Å²) in [5, 5.41) is 6.56. The number of carbonyl (C=O) groups is 1. The molecule has 0 spiro atoms. The highest BCUT2D eigenvalue weighted by Crippen LogP contribution is 2.26. The van der Waals surface area contributed by atoms with Crippen molar-refractivity contribution < 1.29 is 18.8 Å². The molecule has 0 aliphatic carbocycles. The Morgan fingerprint density at radius 2 is 1.84 bits per heavy atom. The number of methoxy groups -OCH3 is 1. The third kappa shape index (κ3) is 4.14. The predicted octanol–water partition coefficient (Wildman–Crippen LogP) is 3.07. The lowest BCUT2D eigenvalue weighted by atomic mass is 10.1. The molecule has 7 nitrogen and oxygen atoms in total. The van der Waals surface area contributed by atoms with E-state index in [0.717, 1.165) is 5.75 Å². The van der Waals surface area contributed by atoms with Gasteiger partial charge in [-0.25, -0.2) is 0 Å². The van der Waals surface area contributed by atoms with E-state index in [0.29, 0.717) is 28.7 Å². The van der Waals surface area contributed by atoms with Gasteiger partial charge in [-0.05, 0) is 43.3 Å². The largest absolute Gasteiger partial charge is 0.497 e. The maximum atomic E-state index is 12.2. The van der Waals surface area contributed by atoms with E-state index in [1.54, 1.807) is 50.4 Å². The van der Waals surface area contributed by atoms with Crippen LogP contribution in [0.15, 0.2) is 53.1 Å². The summed E-state index contributed by atoms with van der Waals surface area (Å²) in [6.07, 6.45) is 0. The van der Waals surface area contributed by atoms with Crippen LogP contribution < -0.4 is 14.8 Å². The molecule has 3 aromatic rings. The van der Waals surface area contributed by atoms with Gasteiger partial charge < -0.3 is 19.3 Å². The zero-order chi connectivity index (χ0) is 17.6. The molecule has 1 amide bonds. The van der Waals surface area contributed by atoms with E-state index < -0.39 is 0 Å². The van der Waals surface area contributed by atoms with Crippen molar-refractivity contribution >= 4 is 11.6 Å². The second-order valence-corrected chi connectivity index (χ2v) is 5.20. The fourth-order valence-electron chi connectivity index (χ4n) is 2.19. The minimum Gasteiger partial charge on any atom is -0.497 e. The Bertz CT molecular complexity index is 859. The van der Waals surface area contributed by atoms with Gasteiger partial charge in [-0.2, -0.15) is 4.98 Å². The highest BCUT2D eigenvalue weighted by atomic mass is 16.5. The SMILES string of the molecule is COc1ccc(OCC(=O)Nc2ccccc2-c2nc(C)no2)cc1. The van der Waals surface area contributed by atoms with Crippen molar-refractivity contribution in [2.75, 3.05) is 19.0 Å². The first-order chi connectivity index (χ1) is 12.2. The monoisotopic (exact) mass is 339 g/mol. The Labute approximate surface area is 144 Å². The average Bonchev–Trinajstić information content (AvgIpc) is 3.07. The van der Waals surface area contributed by atoms with Gasteiger partial charge in [0.25, 0.3) is 11.8 Å². The number of ether oxygens (including phenoxy) is 2. The van der Waals surface area contributed by atoms with Gasteiger partial charge in [-0.15, -0.1) is 0 Å². The normalized spacial score (nSPS) is 10.3. The van der Waals surface area contributed by atoms with Crippen LogP contribution in [0, 0.1) is 6.92 Å². The molecular formula is C18H17N3O4. The molecule has 0 saturated carbocycles. The molecule has 0 bridgehead atoms. The van der Waals surface area contributed by atoms with Gasteiger partial charge in [0.2, 0.25) is 0 Å². The van der Waals surface area contributed by atoms with Gasteiger partial charge in [0.15, 0.2) is 12.4 Å². The van der Waals surface area contributed by atoms with Crippen LogP contribution >= 0.6 is 0 Å². The van der Waals surface area contributed by atoms with E-state index in [1.165, 1.54) is 0 Å². The molecule has 1 heterocycles. The number of aryl methyl sites for hydroxylation is 1. The van der Waals surface area contributed by atoms with E-state index in [9.17, 15) is 4.79 Å². The summed E-state index contributed by atoms with van der Waals surface area (Å²) >= 11 is 0. The van der Waals surface area contributed by atoms with Gasteiger partial charge in [0, 0.05) is 0 Å². The highest BCUT2D eigenvalue weighted by Gasteiger charge is 2.13. The molecule has 0 radical (unpaired) electrons. The Balaban J connectivity index is 1.65. The fraction of sp³-hybridized carbons (Fsp3) is 0.167. The number of para-hydroxylation sites is 1. The maximum Gasteiger partial charge on any atom is 0.262 e. The molecule has 25 heavy (non-hydrogen) atoms. The molecule has 1 aromatic heterocycles. The fourth-order valence-corrected chi connectivity index (χ4v) is 2.19. The number of hydrogen-bond acceptors (Lipinski definition) is 6. The first-order valence-electron chi connectivity index (χ1n) is 7.62. The summed E-state index contributed by atoms with van der Waals surface area (Å²) in [7, 11) is 1.59. The average molecular weight is 339 g/mol. The van der Waals surface area contributed by atoms with Crippen molar-refractivity contribution in [1.29, 1.82) is 0 Å². The van der Waals surface area contributed by atoms with Crippen LogP contribution in [-0.2, 0) is 4.79 Å². The predicted molar refractivity (Wildman–Crippen MR) is 91.6 cm³/mol. The van der Waals surface area contributed by atoms with Crippen LogP contribution in [0.4, 0.5) is 5.69 Å². The van der Waals surface area contributed by atoms with Crippen molar-refractivity contribution in [3.05, 3.63) is 54.4 Å². The molecule has 7 heteroatoms. The van der Waals surface area contributed by atoms with Gasteiger partial charge in [0.1, 0.15) is 11.5 Å².